The fraction of sp³-hybridized carbons (Fsp3) is 0.533. The number of nitro groups is 1. The van der Waals surface area contributed by atoms with Crippen molar-refractivity contribution in [2.24, 2.45) is 5.92 Å². The molecule has 1 aromatic carbocycles. The monoisotopic (exact) mass is 343 g/mol. The first-order valence-corrected chi connectivity index (χ1v) is 7.39. The Morgan fingerprint density at radius 3 is 2.91 bits per heavy atom. The number of carbonyl (C=O) groups is 1. The van der Waals surface area contributed by atoms with E-state index in [1.54, 1.807) is 12.1 Å². The van der Waals surface area contributed by atoms with E-state index in [0.717, 1.165) is 25.9 Å². The number of halogens is 1. The van der Waals surface area contributed by atoms with Gasteiger partial charge in [0, 0.05) is 19.0 Å². The number of nitrogens with one attached hydrogen (secondary N) is 2. The number of benzene rings is 1. The van der Waals surface area contributed by atoms with Crippen molar-refractivity contribution in [1.82, 2.24) is 10.6 Å². The summed E-state index contributed by atoms with van der Waals surface area (Å²) < 4.78 is 4.95. The maximum absolute atomic E-state index is 11.8. The second-order valence-electron chi connectivity index (χ2n) is 5.44. The molecule has 1 fully saturated rings. The minimum atomic E-state index is -0.489. The largest absolute Gasteiger partial charge is 0.490 e. The van der Waals surface area contributed by atoms with E-state index in [4.69, 9.17) is 4.74 Å². The fourth-order valence-electron chi connectivity index (χ4n) is 2.57. The summed E-state index contributed by atoms with van der Waals surface area (Å²) in [6.45, 7) is 2.30. The lowest BCUT2D eigenvalue weighted by Gasteiger charge is -2.09. The van der Waals surface area contributed by atoms with E-state index in [1.165, 1.54) is 13.2 Å². The molecule has 1 heterocycles. The van der Waals surface area contributed by atoms with Crippen LogP contribution >= 0.6 is 12.4 Å². The summed E-state index contributed by atoms with van der Waals surface area (Å²) in [7, 11) is 1.39. The molecule has 0 radical (unpaired) electrons. The van der Waals surface area contributed by atoms with E-state index >= 15 is 0 Å². The van der Waals surface area contributed by atoms with Crippen molar-refractivity contribution in [2.45, 2.75) is 25.8 Å². The van der Waals surface area contributed by atoms with Crippen LogP contribution in [0.3, 0.4) is 0 Å². The Hall–Kier alpha value is -1.86. The molecule has 128 valence electrons. The van der Waals surface area contributed by atoms with Crippen LogP contribution in [-0.4, -0.2) is 31.0 Å². The molecule has 8 heteroatoms. The van der Waals surface area contributed by atoms with Gasteiger partial charge in [0.25, 0.3) is 0 Å². The zero-order valence-electron chi connectivity index (χ0n) is 13.0. The van der Waals surface area contributed by atoms with Gasteiger partial charge in [-0.1, -0.05) is 6.07 Å². The first-order chi connectivity index (χ1) is 10.6. The van der Waals surface area contributed by atoms with Crippen LogP contribution in [0.25, 0.3) is 0 Å². The van der Waals surface area contributed by atoms with Crippen LogP contribution in [0.5, 0.6) is 5.75 Å². The van der Waals surface area contributed by atoms with E-state index in [0.29, 0.717) is 17.9 Å². The molecule has 0 aromatic heterocycles. The van der Waals surface area contributed by atoms with Crippen molar-refractivity contribution in [2.75, 3.05) is 20.2 Å². The molecule has 2 N–H and O–H groups in total. The summed E-state index contributed by atoms with van der Waals surface area (Å²) >= 11 is 0. The van der Waals surface area contributed by atoms with E-state index in [9.17, 15) is 14.9 Å². The zero-order valence-corrected chi connectivity index (χ0v) is 13.9. The van der Waals surface area contributed by atoms with E-state index in [2.05, 4.69) is 10.6 Å². The standard InChI is InChI=1S/C15H21N3O4.ClH/c1-22-14-4-2-12(8-13(14)18(20)21)10-17-15(19)5-3-11-6-7-16-9-11;/h2,4,8,11,16H,3,5-7,9-10H2,1H3,(H,17,19);1H. The van der Waals surface area contributed by atoms with Crippen LogP contribution in [-0.2, 0) is 11.3 Å². The van der Waals surface area contributed by atoms with Gasteiger partial charge in [0.05, 0.1) is 12.0 Å². The minimum absolute atomic E-state index is 0. The van der Waals surface area contributed by atoms with Crippen molar-refractivity contribution in [1.29, 1.82) is 0 Å². The number of hydrogen-bond donors (Lipinski definition) is 2. The van der Waals surface area contributed by atoms with E-state index in [-0.39, 0.29) is 36.3 Å². The smallest absolute Gasteiger partial charge is 0.311 e. The molecule has 0 aliphatic carbocycles. The van der Waals surface area contributed by atoms with Gasteiger partial charge in [0.1, 0.15) is 0 Å². The van der Waals surface area contributed by atoms with Crippen LogP contribution in [0.1, 0.15) is 24.8 Å². The topological polar surface area (TPSA) is 93.5 Å². The number of ether oxygens (including phenoxy) is 1. The van der Waals surface area contributed by atoms with Gasteiger partial charge >= 0.3 is 5.69 Å². The Labute approximate surface area is 141 Å². The molecule has 1 aliphatic rings. The fourth-order valence-corrected chi connectivity index (χ4v) is 2.57. The third-order valence-electron chi connectivity index (χ3n) is 3.87. The maximum atomic E-state index is 11.8. The highest BCUT2D eigenvalue weighted by Gasteiger charge is 2.17. The van der Waals surface area contributed by atoms with Gasteiger partial charge in [-0.05, 0) is 43.5 Å². The summed E-state index contributed by atoms with van der Waals surface area (Å²) in [6, 6.07) is 4.69. The number of rotatable bonds is 7. The number of hydrogen-bond acceptors (Lipinski definition) is 5. The Balaban J connectivity index is 0.00000264. The van der Waals surface area contributed by atoms with Gasteiger partial charge in [0.2, 0.25) is 5.91 Å². The molecule has 2 rings (SSSR count). The molecule has 0 bridgehead atoms. The lowest BCUT2D eigenvalue weighted by Crippen LogP contribution is -2.23. The summed E-state index contributed by atoms with van der Waals surface area (Å²) in [4.78, 5) is 22.3. The van der Waals surface area contributed by atoms with Gasteiger partial charge in [-0.25, -0.2) is 0 Å². The lowest BCUT2D eigenvalue weighted by atomic mass is 10.0. The number of nitro benzene ring substituents is 1. The SMILES string of the molecule is COc1ccc(CNC(=O)CCC2CCNC2)cc1[N+](=O)[O-].Cl. The molecule has 23 heavy (non-hydrogen) atoms. The second-order valence-corrected chi connectivity index (χ2v) is 5.44. The molecule has 7 nitrogen and oxygen atoms in total. The highest BCUT2D eigenvalue weighted by molar-refractivity contribution is 5.85. The average molecular weight is 344 g/mol. The Morgan fingerprint density at radius 2 is 2.30 bits per heavy atom. The van der Waals surface area contributed by atoms with Crippen molar-refractivity contribution in [3.8, 4) is 5.75 Å². The minimum Gasteiger partial charge on any atom is -0.490 e. The van der Waals surface area contributed by atoms with Gasteiger partial charge in [0.15, 0.2) is 5.75 Å². The highest BCUT2D eigenvalue weighted by Crippen LogP contribution is 2.27. The second kappa shape index (κ2) is 9.32. The van der Waals surface area contributed by atoms with Crippen molar-refractivity contribution >= 4 is 24.0 Å². The molecular weight excluding hydrogens is 322 g/mol. The number of nitrogens with zero attached hydrogens (tertiary/aromatic N) is 1. The van der Waals surface area contributed by atoms with Crippen LogP contribution in [0.2, 0.25) is 0 Å². The van der Waals surface area contributed by atoms with Gasteiger partial charge in [-0.3, -0.25) is 14.9 Å². The van der Waals surface area contributed by atoms with E-state index < -0.39 is 4.92 Å². The molecule has 1 aliphatic heterocycles. The predicted octanol–water partition coefficient (Wildman–Crippen LogP) is 2.03. The Bertz CT molecular complexity index is 548. The lowest BCUT2D eigenvalue weighted by molar-refractivity contribution is -0.385. The third-order valence-corrected chi connectivity index (χ3v) is 3.87. The van der Waals surface area contributed by atoms with Gasteiger partial charge in [-0.2, -0.15) is 0 Å². The summed E-state index contributed by atoms with van der Waals surface area (Å²) in [6.07, 6.45) is 2.49. The molecule has 0 spiro atoms. The third kappa shape index (κ3) is 5.69. The maximum Gasteiger partial charge on any atom is 0.311 e. The summed E-state index contributed by atoms with van der Waals surface area (Å²) in [5.74, 6) is 0.770. The van der Waals surface area contributed by atoms with Gasteiger partial charge in [-0.15, -0.1) is 12.4 Å². The normalized spacial score (nSPS) is 16.5. The van der Waals surface area contributed by atoms with E-state index in [1.807, 2.05) is 0 Å². The van der Waals surface area contributed by atoms with Crippen LogP contribution in [0, 0.1) is 16.0 Å². The Kier molecular flexibility index (Phi) is 7.77. The van der Waals surface area contributed by atoms with Crippen LogP contribution in [0.15, 0.2) is 18.2 Å². The van der Waals surface area contributed by atoms with Crippen LogP contribution in [0.4, 0.5) is 5.69 Å². The molecule has 1 saturated heterocycles. The molecular formula is C15H22ClN3O4. The quantitative estimate of drug-likeness (QED) is 0.583. The molecule has 1 aromatic rings. The molecule has 1 unspecified atom stereocenters. The highest BCUT2D eigenvalue weighted by atomic mass is 35.5. The van der Waals surface area contributed by atoms with Crippen LogP contribution < -0.4 is 15.4 Å². The predicted molar refractivity (Wildman–Crippen MR) is 89.0 cm³/mol. The number of amides is 1. The summed E-state index contributed by atoms with van der Waals surface area (Å²) in [5.41, 5.74) is 0.592. The molecule has 1 atom stereocenters. The summed E-state index contributed by atoms with van der Waals surface area (Å²) in [5, 5.41) is 17.0. The molecule has 0 saturated carbocycles. The van der Waals surface area contributed by atoms with Crippen molar-refractivity contribution in [3.05, 3.63) is 33.9 Å². The Morgan fingerprint density at radius 1 is 1.52 bits per heavy atom. The van der Waals surface area contributed by atoms with Crippen molar-refractivity contribution in [3.63, 3.8) is 0 Å². The van der Waals surface area contributed by atoms with Gasteiger partial charge < -0.3 is 15.4 Å². The average Bonchev–Trinajstić information content (AvgIpc) is 3.04. The molecule has 1 amide bonds. The first-order valence-electron chi connectivity index (χ1n) is 7.39. The number of carbonyl (C=O) groups excluding carboxylic acids is 1. The van der Waals surface area contributed by atoms with Crippen molar-refractivity contribution < 1.29 is 14.5 Å². The number of methoxy groups -OCH3 is 1. The first kappa shape index (κ1) is 19.2. The zero-order chi connectivity index (χ0) is 15.9.